The molecule has 1 heterocycles. The summed E-state index contributed by atoms with van der Waals surface area (Å²) in [6.45, 7) is 3.21. The zero-order chi connectivity index (χ0) is 22.5. The fourth-order valence-electron chi connectivity index (χ4n) is 3.83. The highest BCUT2D eigenvalue weighted by Gasteiger charge is 2.41. The summed E-state index contributed by atoms with van der Waals surface area (Å²) in [7, 11) is 0. The van der Waals surface area contributed by atoms with Crippen LogP contribution in [0, 0.1) is 21.8 Å². The molecule has 164 valence electrons. The highest BCUT2D eigenvalue weighted by Crippen LogP contribution is 2.35. The summed E-state index contributed by atoms with van der Waals surface area (Å²) in [4.78, 5) is 37.0. The summed E-state index contributed by atoms with van der Waals surface area (Å²) >= 11 is 0. The second-order valence-electron chi connectivity index (χ2n) is 7.34. The Hall–Kier alpha value is -3.29. The summed E-state index contributed by atoms with van der Waals surface area (Å²) in [6, 6.07) is 9.08. The molecule has 31 heavy (non-hydrogen) atoms. The maximum Gasteiger partial charge on any atom is 0.317 e. The van der Waals surface area contributed by atoms with Crippen molar-refractivity contribution in [3.63, 3.8) is 0 Å². The van der Waals surface area contributed by atoms with E-state index in [-0.39, 0.29) is 12.2 Å². The van der Waals surface area contributed by atoms with Crippen LogP contribution in [0.3, 0.4) is 0 Å². The number of fused-ring (bicyclic) bond motifs is 1. The van der Waals surface area contributed by atoms with Gasteiger partial charge in [-0.15, -0.1) is 0 Å². The third-order valence-electron chi connectivity index (χ3n) is 5.44. The van der Waals surface area contributed by atoms with Gasteiger partial charge < -0.3 is 9.47 Å². The van der Waals surface area contributed by atoms with Crippen LogP contribution < -0.4 is 4.74 Å². The molecule has 0 N–H and O–H groups in total. The van der Waals surface area contributed by atoms with Gasteiger partial charge in [0, 0.05) is 16.9 Å². The largest absolute Gasteiger partial charge is 0.493 e. The van der Waals surface area contributed by atoms with Gasteiger partial charge in [-0.1, -0.05) is 31.2 Å². The number of halogens is 1. The minimum absolute atomic E-state index is 0.00420. The molecular formula is C23H24FNO6. The van der Waals surface area contributed by atoms with Crippen molar-refractivity contribution >= 4 is 11.8 Å². The Balaban J connectivity index is 2.06. The van der Waals surface area contributed by atoms with Gasteiger partial charge in [0.15, 0.2) is 5.78 Å². The second-order valence-corrected chi connectivity index (χ2v) is 7.34. The smallest absolute Gasteiger partial charge is 0.317 e. The number of ketones is 1. The molecule has 0 aromatic heterocycles. The lowest BCUT2D eigenvalue weighted by atomic mass is 9.80. The van der Waals surface area contributed by atoms with E-state index in [4.69, 9.17) is 9.47 Å². The molecule has 2 atom stereocenters. The third-order valence-corrected chi connectivity index (χ3v) is 5.44. The van der Waals surface area contributed by atoms with Gasteiger partial charge in [-0.2, -0.15) is 0 Å². The first-order valence-corrected chi connectivity index (χ1v) is 10.2. The highest BCUT2D eigenvalue weighted by atomic mass is 19.1. The highest BCUT2D eigenvalue weighted by molar-refractivity contribution is 6.09. The van der Waals surface area contributed by atoms with Crippen molar-refractivity contribution in [3.8, 4) is 5.75 Å². The number of esters is 1. The average molecular weight is 429 g/mol. The van der Waals surface area contributed by atoms with Crippen molar-refractivity contribution < 1.29 is 28.4 Å². The Bertz CT molecular complexity index is 1010. The van der Waals surface area contributed by atoms with Gasteiger partial charge in [0.2, 0.25) is 6.54 Å². The standard InChI is InChI=1S/C23H24FNO6/c1-3-14-5-8-17(11-19(14)24)22(26)21(23(27)30-4-2)18(13-25(28)29)16-7-6-15-9-10-31-20(15)12-16/h5-8,11-12,18,21H,3-4,9-10,13H2,1-2H3. The van der Waals surface area contributed by atoms with Gasteiger partial charge in [0.05, 0.1) is 19.1 Å². The maximum atomic E-state index is 14.3. The van der Waals surface area contributed by atoms with Crippen molar-refractivity contribution in [3.05, 3.63) is 74.6 Å². The van der Waals surface area contributed by atoms with Crippen LogP contribution >= 0.6 is 0 Å². The average Bonchev–Trinajstić information content (AvgIpc) is 3.21. The molecule has 2 aromatic rings. The molecule has 2 aromatic carbocycles. The number of carbonyl (C=O) groups is 2. The predicted molar refractivity (Wildman–Crippen MR) is 110 cm³/mol. The third kappa shape index (κ3) is 4.90. The molecule has 2 unspecified atom stereocenters. The molecule has 0 saturated carbocycles. The van der Waals surface area contributed by atoms with Crippen molar-refractivity contribution in [1.29, 1.82) is 0 Å². The number of aryl methyl sites for hydroxylation is 1. The van der Waals surface area contributed by atoms with Crippen LogP contribution in [0.2, 0.25) is 0 Å². The molecule has 7 nitrogen and oxygen atoms in total. The van der Waals surface area contributed by atoms with Gasteiger partial charge >= 0.3 is 5.97 Å². The molecular weight excluding hydrogens is 405 g/mol. The van der Waals surface area contributed by atoms with E-state index in [1.54, 1.807) is 32.0 Å². The van der Waals surface area contributed by atoms with E-state index in [1.807, 2.05) is 0 Å². The summed E-state index contributed by atoms with van der Waals surface area (Å²) in [6.07, 6.45) is 1.17. The summed E-state index contributed by atoms with van der Waals surface area (Å²) < 4.78 is 25.0. The number of rotatable bonds is 9. The van der Waals surface area contributed by atoms with Crippen molar-refractivity contribution in [1.82, 2.24) is 0 Å². The van der Waals surface area contributed by atoms with Crippen molar-refractivity contribution in [2.45, 2.75) is 32.6 Å². The normalized spacial score (nSPS) is 14.3. The summed E-state index contributed by atoms with van der Waals surface area (Å²) in [5.74, 6) is -4.15. The Labute approximate surface area is 179 Å². The van der Waals surface area contributed by atoms with Crippen LogP contribution in [-0.4, -0.2) is 36.4 Å². The lowest BCUT2D eigenvalue weighted by molar-refractivity contribution is -0.484. The van der Waals surface area contributed by atoms with E-state index < -0.39 is 40.9 Å². The van der Waals surface area contributed by atoms with Gasteiger partial charge in [-0.25, -0.2) is 4.39 Å². The van der Waals surface area contributed by atoms with E-state index in [0.29, 0.717) is 29.9 Å². The number of ether oxygens (including phenoxy) is 2. The summed E-state index contributed by atoms with van der Waals surface area (Å²) in [5.41, 5.74) is 1.79. The Morgan fingerprint density at radius 1 is 1.23 bits per heavy atom. The van der Waals surface area contributed by atoms with Gasteiger partial charge in [0.25, 0.3) is 0 Å². The maximum absolute atomic E-state index is 14.3. The zero-order valence-electron chi connectivity index (χ0n) is 17.4. The van der Waals surface area contributed by atoms with Crippen molar-refractivity contribution in [2.24, 2.45) is 5.92 Å². The van der Waals surface area contributed by atoms with Crippen LogP contribution in [0.5, 0.6) is 5.75 Å². The number of hydrogen-bond donors (Lipinski definition) is 0. The van der Waals surface area contributed by atoms with E-state index in [0.717, 1.165) is 18.1 Å². The van der Waals surface area contributed by atoms with Crippen LogP contribution in [0.1, 0.15) is 46.8 Å². The molecule has 1 aliphatic heterocycles. The molecule has 0 saturated heterocycles. The first-order valence-electron chi connectivity index (χ1n) is 10.2. The number of benzene rings is 2. The van der Waals surface area contributed by atoms with E-state index in [2.05, 4.69) is 0 Å². The number of nitro groups is 1. The fraction of sp³-hybridized carbons (Fsp3) is 0.391. The SMILES string of the molecule is CCOC(=O)C(C(=O)c1ccc(CC)c(F)c1)C(C[N+](=O)[O-])c1ccc2c(c1)OCC2. The first-order chi connectivity index (χ1) is 14.8. The lowest BCUT2D eigenvalue weighted by Gasteiger charge is -2.23. The first kappa shape index (κ1) is 22.4. The molecule has 0 bridgehead atoms. The molecule has 0 aliphatic carbocycles. The lowest BCUT2D eigenvalue weighted by Crippen LogP contribution is -2.35. The quantitative estimate of drug-likeness (QED) is 0.198. The molecule has 1 aliphatic rings. The van der Waals surface area contributed by atoms with E-state index in [1.165, 1.54) is 12.1 Å². The van der Waals surface area contributed by atoms with Crippen molar-refractivity contribution in [2.75, 3.05) is 19.8 Å². The Morgan fingerprint density at radius 2 is 2.00 bits per heavy atom. The zero-order valence-corrected chi connectivity index (χ0v) is 17.4. The Morgan fingerprint density at radius 3 is 2.65 bits per heavy atom. The fourth-order valence-corrected chi connectivity index (χ4v) is 3.83. The predicted octanol–water partition coefficient (Wildman–Crippen LogP) is 3.75. The monoisotopic (exact) mass is 429 g/mol. The number of nitrogens with zero attached hydrogens (tertiary/aromatic N) is 1. The number of carbonyl (C=O) groups excluding carboxylic acids is 2. The molecule has 3 rings (SSSR count). The number of Topliss-reactive ketones (excluding diaryl/α,β-unsaturated/α-hetero) is 1. The molecule has 0 spiro atoms. The minimum atomic E-state index is -1.49. The van der Waals surface area contributed by atoms with Crippen LogP contribution in [0.15, 0.2) is 36.4 Å². The molecule has 0 radical (unpaired) electrons. The molecule has 0 fully saturated rings. The van der Waals surface area contributed by atoms with Gasteiger partial charge in [-0.05, 0) is 42.2 Å². The van der Waals surface area contributed by atoms with Crippen LogP contribution in [0.4, 0.5) is 4.39 Å². The minimum Gasteiger partial charge on any atom is -0.493 e. The Kier molecular flexibility index (Phi) is 6.99. The van der Waals surface area contributed by atoms with Crippen LogP contribution in [-0.2, 0) is 22.4 Å². The van der Waals surface area contributed by atoms with Gasteiger partial charge in [0.1, 0.15) is 17.5 Å². The summed E-state index contributed by atoms with van der Waals surface area (Å²) in [5, 5.41) is 11.4. The van der Waals surface area contributed by atoms with E-state index in [9.17, 15) is 24.1 Å². The van der Waals surface area contributed by atoms with E-state index >= 15 is 0 Å². The number of hydrogen-bond acceptors (Lipinski definition) is 6. The molecule has 0 amide bonds. The topological polar surface area (TPSA) is 95.7 Å². The second kappa shape index (κ2) is 9.68. The van der Waals surface area contributed by atoms with Gasteiger partial charge in [-0.3, -0.25) is 19.7 Å². The van der Waals surface area contributed by atoms with Crippen LogP contribution in [0.25, 0.3) is 0 Å². The molecule has 8 heteroatoms.